The number of nitrogen functional groups attached to an aromatic ring is 2. The van der Waals surface area contributed by atoms with Crippen LogP contribution in [-0.4, -0.2) is 50.1 Å². The van der Waals surface area contributed by atoms with Gasteiger partial charge in [0.1, 0.15) is 17.2 Å². The number of carbonyl (C=O) groups is 3. The van der Waals surface area contributed by atoms with E-state index in [9.17, 15) is 24.6 Å². The zero-order valence-corrected chi connectivity index (χ0v) is 23.3. The number of rotatable bonds is 6. The van der Waals surface area contributed by atoms with E-state index in [1.165, 1.54) is 44.2 Å². The molecule has 0 aliphatic heterocycles. The van der Waals surface area contributed by atoms with Gasteiger partial charge < -0.3 is 42.3 Å². The van der Waals surface area contributed by atoms with Gasteiger partial charge in [-0.1, -0.05) is 6.92 Å². The molecule has 0 bridgehead atoms. The fraction of sp³-hybridized carbons (Fsp3) is 0.276. The molecule has 0 saturated carbocycles. The fourth-order valence-corrected chi connectivity index (χ4v) is 3.09. The van der Waals surface area contributed by atoms with Crippen molar-refractivity contribution >= 4 is 34.5 Å². The van der Waals surface area contributed by atoms with Crippen LogP contribution in [0.1, 0.15) is 72.9 Å². The normalized spacial score (nSPS) is 10.3. The molecule has 1 amide bonds. The van der Waals surface area contributed by atoms with Gasteiger partial charge in [-0.25, -0.2) is 0 Å². The Balaban J connectivity index is 0.000000566. The lowest BCUT2D eigenvalue weighted by Crippen LogP contribution is -2.11. The number of hydrogen-bond acceptors (Lipinski definition) is 10. The molecule has 218 valence electrons. The molecule has 40 heavy (non-hydrogen) atoms. The van der Waals surface area contributed by atoms with Crippen molar-refractivity contribution in [2.75, 3.05) is 23.9 Å². The first-order valence-corrected chi connectivity index (χ1v) is 12.2. The van der Waals surface area contributed by atoms with Gasteiger partial charge in [0.05, 0.1) is 17.2 Å². The topological polar surface area (TPSA) is 216 Å². The highest BCUT2D eigenvalue weighted by molar-refractivity contribution is 5.99. The van der Waals surface area contributed by atoms with Crippen LogP contribution in [-0.2, 0) is 4.79 Å². The van der Waals surface area contributed by atoms with Gasteiger partial charge in [0.2, 0.25) is 5.91 Å². The summed E-state index contributed by atoms with van der Waals surface area (Å²) < 4.78 is 0. The summed E-state index contributed by atoms with van der Waals surface area (Å²) in [6, 6.07) is 13.5. The molecule has 0 spiro atoms. The molecule has 3 aromatic rings. The van der Waals surface area contributed by atoms with Gasteiger partial charge >= 0.3 is 0 Å². The summed E-state index contributed by atoms with van der Waals surface area (Å²) in [7, 11) is 1.00. The zero-order valence-electron chi connectivity index (χ0n) is 23.3. The molecular weight excluding hydrogens is 518 g/mol. The van der Waals surface area contributed by atoms with E-state index in [2.05, 4.69) is 5.32 Å². The number of Topliss-reactive ketones (excluding diaryl/α,β-unsaturated/α-hetero) is 2. The van der Waals surface area contributed by atoms with Crippen molar-refractivity contribution in [3.8, 4) is 17.2 Å². The van der Waals surface area contributed by atoms with E-state index in [0.29, 0.717) is 29.0 Å². The summed E-state index contributed by atoms with van der Waals surface area (Å²) in [5.74, 6) is -0.525. The number of phenolic OH excluding ortho intramolecular Hbond substituents is 3. The highest BCUT2D eigenvalue weighted by Gasteiger charge is 2.09. The predicted molar refractivity (Wildman–Crippen MR) is 155 cm³/mol. The minimum atomic E-state index is -0.682. The lowest BCUT2D eigenvalue weighted by molar-refractivity contribution is -0.116. The standard InChI is InChI=1S/C12H15NO3.C8H11NO2.C8H9NO2.CH4O/c1-3-4-12(16)13-9-5-6-11(15)10(7-9)8(2)14;2*1-5(10)7-4-6(9)2-3-8(7)11;1-2/h5-7,15H,3-4H2,1-2H3,(H,13,16);2-5,10-11H,9H2,1H3;2-4,11H,9H2,1H3;2H,1H3. The summed E-state index contributed by atoms with van der Waals surface area (Å²) >= 11 is 0. The van der Waals surface area contributed by atoms with Gasteiger partial charge in [-0.2, -0.15) is 0 Å². The maximum Gasteiger partial charge on any atom is 0.224 e. The molecule has 3 aromatic carbocycles. The molecule has 1 atom stereocenters. The molecule has 0 aromatic heterocycles. The van der Waals surface area contributed by atoms with Crippen LogP contribution in [0.4, 0.5) is 17.1 Å². The van der Waals surface area contributed by atoms with E-state index in [1.807, 2.05) is 6.92 Å². The maximum absolute atomic E-state index is 11.3. The summed E-state index contributed by atoms with van der Waals surface area (Å²) in [4.78, 5) is 33.3. The van der Waals surface area contributed by atoms with Gasteiger partial charge in [0.25, 0.3) is 0 Å². The average molecular weight is 558 g/mol. The first kappa shape index (κ1) is 35.4. The van der Waals surface area contributed by atoms with Crippen LogP contribution in [0, 0.1) is 0 Å². The molecule has 1 unspecified atom stereocenters. The van der Waals surface area contributed by atoms with Crippen molar-refractivity contribution in [2.24, 2.45) is 0 Å². The Morgan fingerprint density at radius 3 is 1.65 bits per heavy atom. The predicted octanol–water partition coefficient (Wildman–Crippen LogP) is 4.15. The number of aliphatic hydroxyl groups is 2. The molecule has 11 nitrogen and oxygen atoms in total. The third-order valence-electron chi connectivity index (χ3n) is 5.04. The van der Waals surface area contributed by atoms with Crippen molar-refractivity contribution in [1.82, 2.24) is 0 Å². The van der Waals surface area contributed by atoms with Gasteiger partial charge in [-0.15, -0.1) is 0 Å². The minimum Gasteiger partial charge on any atom is -0.508 e. The minimum absolute atomic E-state index is 0.0216. The van der Waals surface area contributed by atoms with Crippen LogP contribution in [0.5, 0.6) is 17.2 Å². The molecule has 0 fully saturated rings. The number of hydrogen-bond donors (Lipinski definition) is 8. The Hall–Kier alpha value is -4.61. The average Bonchev–Trinajstić information content (AvgIpc) is 2.89. The van der Waals surface area contributed by atoms with Crippen molar-refractivity contribution in [3.63, 3.8) is 0 Å². The van der Waals surface area contributed by atoms with Gasteiger partial charge in [0, 0.05) is 36.2 Å². The smallest absolute Gasteiger partial charge is 0.224 e. The number of nitrogens with one attached hydrogen (secondary N) is 1. The first-order chi connectivity index (χ1) is 18.8. The van der Waals surface area contributed by atoms with E-state index >= 15 is 0 Å². The second kappa shape index (κ2) is 17.8. The lowest BCUT2D eigenvalue weighted by Gasteiger charge is -2.07. The van der Waals surface area contributed by atoms with Crippen LogP contribution >= 0.6 is 0 Å². The molecule has 0 radical (unpaired) electrons. The quantitative estimate of drug-likeness (QED) is 0.123. The number of phenols is 3. The summed E-state index contributed by atoms with van der Waals surface area (Å²) in [5, 5.41) is 46.5. The number of aliphatic hydroxyl groups excluding tert-OH is 2. The zero-order chi connectivity index (χ0) is 31.0. The largest absolute Gasteiger partial charge is 0.508 e. The van der Waals surface area contributed by atoms with E-state index < -0.39 is 6.10 Å². The molecule has 0 aliphatic rings. The van der Waals surface area contributed by atoms with E-state index in [-0.39, 0.29) is 45.8 Å². The monoisotopic (exact) mass is 557 g/mol. The van der Waals surface area contributed by atoms with Gasteiger partial charge in [-0.3, -0.25) is 14.4 Å². The van der Waals surface area contributed by atoms with Crippen LogP contribution in [0.25, 0.3) is 0 Å². The maximum atomic E-state index is 11.3. The molecular formula is C29H39N3O8. The Morgan fingerprint density at radius 1 is 0.775 bits per heavy atom. The van der Waals surface area contributed by atoms with E-state index in [4.69, 9.17) is 26.8 Å². The van der Waals surface area contributed by atoms with Crippen LogP contribution in [0.15, 0.2) is 54.6 Å². The SMILES string of the molecule is CC(=O)c1cc(N)ccc1O.CC(O)c1cc(N)ccc1O.CCCC(=O)Nc1ccc(O)c(C(C)=O)c1.CO. The second-order valence-electron chi connectivity index (χ2n) is 8.41. The Bertz CT molecular complexity index is 1280. The Kier molecular flexibility index (Phi) is 15.8. The molecule has 11 heteroatoms. The van der Waals surface area contributed by atoms with Crippen molar-refractivity contribution < 1.29 is 39.9 Å². The lowest BCUT2D eigenvalue weighted by atomic mass is 10.1. The van der Waals surface area contributed by atoms with E-state index in [1.54, 1.807) is 31.2 Å². The molecule has 0 saturated heterocycles. The third-order valence-corrected chi connectivity index (χ3v) is 5.04. The highest BCUT2D eigenvalue weighted by Crippen LogP contribution is 2.25. The van der Waals surface area contributed by atoms with Gasteiger partial charge in [-0.05, 0) is 81.8 Å². The van der Waals surface area contributed by atoms with Crippen LogP contribution in [0.3, 0.4) is 0 Å². The first-order valence-electron chi connectivity index (χ1n) is 12.2. The fourth-order valence-electron chi connectivity index (χ4n) is 3.09. The van der Waals surface area contributed by atoms with Crippen LogP contribution < -0.4 is 16.8 Å². The molecule has 10 N–H and O–H groups in total. The summed E-state index contributed by atoms with van der Waals surface area (Å²) in [5.41, 5.74) is 13.3. The molecule has 0 aliphatic carbocycles. The van der Waals surface area contributed by atoms with Crippen molar-refractivity contribution in [2.45, 2.75) is 46.6 Å². The second-order valence-corrected chi connectivity index (χ2v) is 8.41. The van der Waals surface area contributed by atoms with Crippen molar-refractivity contribution in [3.05, 3.63) is 71.3 Å². The molecule has 0 heterocycles. The number of ketones is 2. The summed E-state index contributed by atoms with van der Waals surface area (Å²) in [6.45, 7) is 6.24. The van der Waals surface area contributed by atoms with Crippen LogP contribution in [0.2, 0.25) is 0 Å². The Labute approximate surface area is 233 Å². The molecule has 3 rings (SSSR count). The number of carbonyl (C=O) groups excluding carboxylic acids is 3. The number of aromatic hydroxyl groups is 3. The van der Waals surface area contributed by atoms with Gasteiger partial charge in [0.15, 0.2) is 11.6 Å². The Morgan fingerprint density at radius 2 is 1.23 bits per heavy atom. The summed E-state index contributed by atoms with van der Waals surface area (Å²) in [6.07, 6.45) is 0.526. The third kappa shape index (κ3) is 12.3. The van der Waals surface area contributed by atoms with E-state index in [0.717, 1.165) is 13.5 Å². The number of anilines is 3. The number of nitrogens with two attached hydrogens (primary N) is 2. The number of amides is 1. The highest BCUT2D eigenvalue weighted by atomic mass is 16.3. The van der Waals surface area contributed by atoms with Crippen molar-refractivity contribution in [1.29, 1.82) is 0 Å². The number of benzene rings is 3.